The van der Waals surface area contributed by atoms with Gasteiger partial charge in [-0.15, -0.1) is 0 Å². The second-order valence-electron chi connectivity index (χ2n) is 3.42. The standard InChI is InChI=1S/C11H13NO5/c1-3-8(2)16-11(13)7-5-9-4-6-10(17-9)12(14)15/h4-8H,3H2,1-2H3/b7-5+. The Morgan fingerprint density at radius 3 is 2.88 bits per heavy atom. The second kappa shape index (κ2) is 5.83. The van der Waals surface area contributed by atoms with Crippen LogP contribution in [0.1, 0.15) is 26.0 Å². The Bertz CT molecular complexity index is 435. The Morgan fingerprint density at radius 2 is 2.35 bits per heavy atom. The van der Waals surface area contributed by atoms with Gasteiger partial charge in [0.2, 0.25) is 0 Å². The normalized spacial score (nSPS) is 12.6. The molecule has 0 aromatic carbocycles. The quantitative estimate of drug-likeness (QED) is 0.341. The SMILES string of the molecule is CCC(C)OC(=O)/C=C/c1ccc([N+](=O)[O-])o1. The fraction of sp³-hybridized carbons (Fsp3) is 0.364. The summed E-state index contributed by atoms with van der Waals surface area (Å²) in [6.07, 6.45) is 3.08. The molecule has 0 radical (unpaired) electrons. The molecular weight excluding hydrogens is 226 g/mol. The van der Waals surface area contributed by atoms with Crippen LogP contribution in [-0.2, 0) is 9.53 Å². The summed E-state index contributed by atoms with van der Waals surface area (Å²) in [5.41, 5.74) is 0. The van der Waals surface area contributed by atoms with Gasteiger partial charge in [-0.05, 0) is 25.5 Å². The van der Waals surface area contributed by atoms with Crippen LogP contribution in [0.4, 0.5) is 5.88 Å². The Kier molecular flexibility index (Phi) is 4.45. The van der Waals surface area contributed by atoms with Crippen molar-refractivity contribution in [3.8, 4) is 0 Å². The fourth-order valence-corrected chi connectivity index (χ4v) is 1.00. The van der Waals surface area contributed by atoms with Crippen molar-refractivity contribution in [2.24, 2.45) is 0 Å². The first-order chi connectivity index (χ1) is 8.02. The van der Waals surface area contributed by atoms with E-state index in [1.165, 1.54) is 24.3 Å². The van der Waals surface area contributed by atoms with E-state index in [0.29, 0.717) is 0 Å². The van der Waals surface area contributed by atoms with Gasteiger partial charge in [0.15, 0.2) is 0 Å². The third-order valence-corrected chi connectivity index (χ3v) is 2.07. The number of nitrogens with zero attached hydrogens (tertiary/aromatic N) is 1. The van der Waals surface area contributed by atoms with Crippen LogP contribution in [0.25, 0.3) is 6.08 Å². The maximum atomic E-state index is 11.2. The summed E-state index contributed by atoms with van der Waals surface area (Å²) >= 11 is 0. The van der Waals surface area contributed by atoms with E-state index in [0.717, 1.165) is 6.42 Å². The lowest BCUT2D eigenvalue weighted by atomic mass is 10.3. The third kappa shape index (κ3) is 4.10. The topological polar surface area (TPSA) is 82.6 Å². The first kappa shape index (κ1) is 13.0. The van der Waals surface area contributed by atoms with Gasteiger partial charge in [-0.2, -0.15) is 0 Å². The number of carbonyl (C=O) groups excluding carboxylic acids is 1. The molecule has 0 amide bonds. The molecule has 6 heteroatoms. The van der Waals surface area contributed by atoms with Crippen LogP contribution in [-0.4, -0.2) is 17.0 Å². The predicted octanol–water partition coefficient (Wildman–Crippen LogP) is 2.54. The lowest BCUT2D eigenvalue weighted by Gasteiger charge is -2.07. The monoisotopic (exact) mass is 239 g/mol. The minimum Gasteiger partial charge on any atom is -0.460 e. The van der Waals surface area contributed by atoms with Crippen LogP contribution >= 0.6 is 0 Å². The first-order valence-electron chi connectivity index (χ1n) is 5.16. The Balaban J connectivity index is 2.58. The molecule has 0 fully saturated rings. The molecule has 6 nitrogen and oxygen atoms in total. The number of esters is 1. The van der Waals surface area contributed by atoms with Crippen LogP contribution in [0.15, 0.2) is 22.6 Å². The number of carbonyl (C=O) groups is 1. The molecule has 0 aliphatic rings. The molecule has 0 aliphatic carbocycles. The van der Waals surface area contributed by atoms with E-state index in [1.807, 2.05) is 6.92 Å². The molecule has 0 bridgehead atoms. The van der Waals surface area contributed by atoms with E-state index in [9.17, 15) is 14.9 Å². The summed E-state index contributed by atoms with van der Waals surface area (Å²) in [6.45, 7) is 3.68. The van der Waals surface area contributed by atoms with Crippen molar-refractivity contribution in [2.75, 3.05) is 0 Å². The summed E-state index contributed by atoms with van der Waals surface area (Å²) in [5, 5.41) is 10.3. The molecular formula is C11H13NO5. The first-order valence-corrected chi connectivity index (χ1v) is 5.16. The smallest absolute Gasteiger partial charge is 0.433 e. The van der Waals surface area contributed by atoms with E-state index in [1.54, 1.807) is 6.92 Å². The lowest BCUT2D eigenvalue weighted by Crippen LogP contribution is -2.11. The molecule has 0 N–H and O–H groups in total. The highest BCUT2D eigenvalue weighted by Crippen LogP contribution is 2.16. The fourth-order valence-electron chi connectivity index (χ4n) is 1.00. The van der Waals surface area contributed by atoms with E-state index in [4.69, 9.17) is 9.15 Å². The second-order valence-corrected chi connectivity index (χ2v) is 3.42. The van der Waals surface area contributed by atoms with Crippen molar-refractivity contribution < 1.29 is 18.9 Å². The van der Waals surface area contributed by atoms with Gasteiger partial charge in [0.1, 0.15) is 10.7 Å². The molecule has 0 saturated carbocycles. The maximum absolute atomic E-state index is 11.2. The van der Waals surface area contributed by atoms with Crippen LogP contribution in [0.2, 0.25) is 0 Å². The largest absolute Gasteiger partial charge is 0.460 e. The number of hydrogen-bond acceptors (Lipinski definition) is 5. The van der Waals surface area contributed by atoms with E-state index in [2.05, 4.69) is 0 Å². The molecule has 17 heavy (non-hydrogen) atoms. The zero-order valence-corrected chi connectivity index (χ0v) is 9.58. The summed E-state index contributed by atoms with van der Waals surface area (Å²) in [6, 6.07) is 2.63. The van der Waals surface area contributed by atoms with Crippen molar-refractivity contribution in [1.29, 1.82) is 0 Å². The Labute approximate surface area is 98.0 Å². The van der Waals surface area contributed by atoms with Gasteiger partial charge in [-0.25, -0.2) is 4.79 Å². The van der Waals surface area contributed by atoms with Gasteiger partial charge in [-0.3, -0.25) is 10.1 Å². The number of furan rings is 1. The van der Waals surface area contributed by atoms with Crippen molar-refractivity contribution >= 4 is 17.9 Å². The van der Waals surface area contributed by atoms with Gasteiger partial charge in [-0.1, -0.05) is 6.92 Å². The van der Waals surface area contributed by atoms with Crippen LogP contribution in [0, 0.1) is 10.1 Å². The molecule has 1 aromatic heterocycles. The van der Waals surface area contributed by atoms with Gasteiger partial charge in [0, 0.05) is 6.08 Å². The summed E-state index contributed by atoms with van der Waals surface area (Å²) in [4.78, 5) is 20.9. The van der Waals surface area contributed by atoms with Gasteiger partial charge in [0.05, 0.1) is 12.2 Å². The Hall–Kier alpha value is -2.11. The average Bonchev–Trinajstić information content (AvgIpc) is 2.75. The zero-order valence-electron chi connectivity index (χ0n) is 9.58. The van der Waals surface area contributed by atoms with Crippen molar-refractivity contribution in [3.63, 3.8) is 0 Å². The predicted molar refractivity (Wildman–Crippen MR) is 60.2 cm³/mol. The van der Waals surface area contributed by atoms with Gasteiger partial charge >= 0.3 is 11.9 Å². The minimum atomic E-state index is -0.644. The van der Waals surface area contributed by atoms with Crippen molar-refractivity contribution in [1.82, 2.24) is 0 Å². The average molecular weight is 239 g/mol. The number of hydrogen-bond donors (Lipinski definition) is 0. The minimum absolute atomic E-state index is 0.155. The highest BCUT2D eigenvalue weighted by Gasteiger charge is 2.10. The molecule has 0 saturated heterocycles. The number of nitro groups is 1. The summed E-state index contributed by atoms with van der Waals surface area (Å²) in [7, 11) is 0. The lowest BCUT2D eigenvalue weighted by molar-refractivity contribution is -0.402. The number of rotatable bonds is 5. The van der Waals surface area contributed by atoms with E-state index >= 15 is 0 Å². The molecule has 1 aromatic rings. The van der Waals surface area contributed by atoms with Crippen LogP contribution in [0.5, 0.6) is 0 Å². The molecule has 1 unspecified atom stereocenters. The molecule has 1 heterocycles. The summed E-state index contributed by atoms with van der Waals surface area (Å²) < 4.78 is 9.81. The van der Waals surface area contributed by atoms with Crippen LogP contribution in [0.3, 0.4) is 0 Å². The van der Waals surface area contributed by atoms with E-state index in [-0.39, 0.29) is 17.7 Å². The molecule has 0 aliphatic heterocycles. The zero-order chi connectivity index (χ0) is 12.8. The van der Waals surface area contributed by atoms with Crippen LogP contribution < -0.4 is 0 Å². The van der Waals surface area contributed by atoms with Gasteiger partial charge < -0.3 is 9.15 Å². The summed E-state index contributed by atoms with van der Waals surface area (Å²) in [5.74, 6) is -0.629. The molecule has 92 valence electrons. The third-order valence-electron chi connectivity index (χ3n) is 2.07. The maximum Gasteiger partial charge on any atom is 0.433 e. The highest BCUT2D eigenvalue weighted by molar-refractivity contribution is 5.86. The molecule has 1 rings (SSSR count). The number of ether oxygens (including phenoxy) is 1. The molecule has 0 spiro atoms. The highest BCUT2D eigenvalue weighted by atomic mass is 16.6. The molecule has 1 atom stereocenters. The van der Waals surface area contributed by atoms with Crippen molar-refractivity contribution in [2.45, 2.75) is 26.4 Å². The van der Waals surface area contributed by atoms with Crippen molar-refractivity contribution in [3.05, 3.63) is 34.1 Å². The Morgan fingerprint density at radius 1 is 1.65 bits per heavy atom. The van der Waals surface area contributed by atoms with E-state index < -0.39 is 10.9 Å². The van der Waals surface area contributed by atoms with Gasteiger partial charge in [0.25, 0.3) is 0 Å².